The standard InChI is InChI=1S/C25H20N2O7S/c1-16-7-10-19(11-8-16)35(31,32)34-23-14-17(9-12-22(23)33-2)13-18(15-26)24(28)27-21-6-4-3-5-20(21)25(29)30/h3-14H,1-2H3,(H,27,28)(H,29,30)/b18-13+. The molecule has 0 saturated carbocycles. The van der Waals surface area contributed by atoms with Gasteiger partial charge in [0.15, 0.2) is 11.5 Å². The van der Waals surface area contributed by atoms with Crippen LogP contribution in [0.2, 0.25) is 0 Å². The van der Waals surface area contributed by atoms with Gasteiger partial charge >= 0.3 is 16.1 Å². The van der Waals surface area contributed by atoms with Gasteiger partial charge in [0.05, 0.1) is 18.4 Å². The van der Waals surface area contributed by atoms with Crippen LogP contribution in [-0.4, -0.2) is 32.5 Å². The Bertz CT molecular complexity index is 1450. The zero-order valence-corrected chi connectivity index (χ0v) is 19.5. The summed E-state index contributed by atoms with van der Waals surface area (Å²) in [5.74, 6) is -2.10. The van der Waals surface area contributed by atoms with E-state index in [9.17, 15) is 28.4 Å². The van der Waals surface area contributed by atoms with Gasteiger partial charge in [0, 0.05) is 0 Å². The van der Waals surface area contributed by atoms with E-state index in [2.05, 4.69) is 5.32 Å². The molecule has 178 valence electrons. The van der Waals surface area contributed by atoms with Crippen molar-refractivity contribution in [1.29, 1.82) is 5.26 Å². The number of carbonyl (C=O) groups excluding carboxylic acids is 1. The Balaban J connectivity index is 1.92. The van der Waals surface area contributed by atoms with Crippen LogP contribution in [0.15, 0.2) is 77.2 Å². The molecule has 0 spiro atoms. The van der Waals surface area contributed by atoms with E-state index in [1.165, 1.54) is 61.7 Å². The Kier molecular flexibility index (Phi) is 7.53. The number of aromatic carboxylic acids is 1. The first-order valence-electron chi connectivity index (χ1n) is 10.1. The minimum absolute atomic E-state index is 0.0223. The summed E-state index contributed by atoms with van der Waals surface area (Å²) >= 11 is 0. The van der Waals surface area contributed by atoms with Crippen LogP contribution in [-0.2, 0) is 14.9 Å². The van der Waals surface area contributed by atoms with Crippen LogP contribution >= 0.6 is 0 Å². The summed E-state index contributed by atoms with van der Waals surface area (Å²) in [5, 5.41) is 21.2. The Labute approximate surface area is 202 Å². The molecule has 0 saturated heterocycles. The van der Waals surface area contributed by atoms with Crippen LogP contribution in [0.3, 0.4) is 0 Å². The zero-order chi connectivity index (χ0) is 25.6. The largest absolute Gasteiger partial charge is 0.493 e. The fourth-order valence-electron chi connectivity index (χ4n) is 3.00. The number of nitriles is 1. The van der Waals surface area contributed by atoms with Crippen LogP contribution in [0.25, 0.3) is 6.08 Å². The third-order valence-electron chi connectivity index (χ3n) is 4.78. The molecule has 3 aromatic rings. The quantitative estimate of drug-likeness (QED) is 0.273. The Morgan fingerprint density at radius 2 is 1.71 bits per heavy atom. The molecule has 10 heteroatoms. The SMILES string of the molecule is COc1ccc(/C=C(\C#N)C(=O)Nc2ccccc2C(=O)O)cc1OS(=O)(=O)c1ccc(C)cc1. The van der Waals surface area contributed by atoms with Crippen molar-refractivity contribution in [3.8, 4) is 17.6 Å². The lowest BCUT2D eigenvalue weighted by Gasteiger charge is -2.12. The summed E-state index contributed by atoms with van der Waals surface area (Å²) in [6.07, 6.45) is 1.21. The maximum atomic E-state index is 12.7. The molecule has 0 atom stereocenters. The van der Waals surface area contributed by atoms with Crippen molar-refractivity contribution >= 4 is 33.8 Å². The molecule has 0 heterocycles. The Morgan fingerprint density at radius 1 is 1.03 bits per heavy atom. The predicted molar refractivity (Wildman–Crippen MR) is 128 cm³/mol. The highest BCUT2D eigenvalue weighted by Crippen LogP contribution is 2.32. The minimum atomic E-state index is -4.18. The van der Waals surface area contributed by atoms with E-state index in [1.807, 2.05) is 6.92 Å². The molecule has 0 aliphatic heterocycles. The van der Waals surface area contributed by atoms with E-state index in [-0.39, 0.29) is 38.8 Å². The van der Waals surface area contributed by atoms with E-state index in [4.69, 9.17) is 8.92 Å². The summed E-state index contributed by atoms with van der Waals surface area (Å²) < 4.78 is 35.9. The molecular formula is C25H20N2O7S. The third-order valence-corrected chi connectivity index (χ3v) is 6.03. The van der Waals surface area contributed by atoms with Crippen molar-refractivity contribution in [3.63, 3.8) is 0 Å². The molecule has 35 heavy (non-hydrogen) atoms. The molecule has 0 radical (unpaired) electrons. The average molecular weight is 493 g/mol. The van der Waals surface area contributed by atoms with Crippen molar-refractivity contribution in [2.45, 2.75) is 11.8 Å². The minimum Gasteiger partial charge on any atom is -0.493 e. The number of benzene rings is 3. The monoisotopic (exact) mass is 492 g/mol. The van der Waals surface area contributed by atoms with Gasteiger partial charge in [-0.15, -0.1) is 0 Å². The van der Waals surface area contributed by atoms with Crippen LogP contribution in [0, 0.1) is 18.3 Å². The highest BCUT2D eigenvalue weighted by atomic mass is 32.2. The molecule has 0 aromatic heterocycles. The number of para-hydroxylation sites is 1. The molecule has 0 bridgehead atoms. The Hall–Kier alpha value is -4.62. The number of aryl methyl sites for hydroxylation is 1. The van der Waals surface area contributed by atoms with E-state index in [1.54, 1.807) is 24.3 Å². The summed E-state index contributed by atoms with van der Waals surface area (Å²) in [6, 6.07) is 17.8. The summed E-state index contributed by atoms with van der Waals surface area (Å²) in [6.45, 7) is 1.82. The first-order chi connectivity index (χ1) is 16.6. The number of carboxylic acids is 1. The second-order valence-corrected chi connectivity index (χ2v) is 8.78. The zero-order valence-electron chi connectivity index (χ0n) is 18.7. The molecule has 9 nitrogen and oxygen atoms in total. The van der Waals surface area contributed by atoms with Gasteiger partial charge in [0.2, 0.25) is 0 Å². The molecular weight excluding hydrogens is 472 g/mol. The smallest absolute Gasteiger partial charge is 0.339 e. The van der Waals surface area contributed by atoms with Crippen molar-refractivity contribution in [2.75, 3.05) is 12.4 Å². The first-order valence-corrected chi connectivity index (χ1v) is 11.5. The fraction of sp³-hybridized carbons (Fsp3) is 0.0800. The number of methoxy groups -OCH3 is 1. The number of ether oxygens (including phenoxy) is 1. The second-order valence-electron chi connectivity index (χ2n) is 7.24. The third kappa shape index (κ3) is 6.04. The lowest BCUT2D eigenvalue weighted by atomic mass is 10.1. The molecule has 1 amide bonds. The Morgan fingerprint density at radius 3 is 2.34 bits per heavy atom. The van der Waals surface area contributed by atoms with Gasteiger partial charge in [0.1, 0.15) is 16.5 Å². The summed E-state index contributed by atoms with van der Waals surface area (Å²) in [4.78, 5) is 23.9. The van der Waals surface area contributed by atoms with Crippen molar-refractivity contribution in [1.82, 2.24) is 0 Å². The molecule has 0 aliphatic rings. The average Bonchev–Trinajstić information content (AvgIpc) is 2.83. The number of nitrogens with one attached hydrogen (secondary N) is 1. The lowest BCUT2D eigenvalue weighted by molar-refractivity contribution is -0.112. The molecule has 3 rings (SSSR count). The number of anilines is 1. The number of carbonyl (C=O) groups is 2. The van der Waals surface area contributed by atoms with E-state index >= 15 is 0 Å². The fourth-order valence-corrected chi connectivity index (χ4v) is 3.94. The summed E-state index contributed by atoms with van der Waals surface area (Å²) in [7, 11) is -2.85. The van der Waals surface area contributed by atoms with Crippen LogP contribution < -0.4 is 14.2 Å². The normalized spacial score (nSPS) is 11.3. The van der Waals surface area contributed by atoms with Crippen molar-refractivity contribution in [2.24, 2.45) is 0 Å². The van der Waals surface area contributed by atoms with Crippen LogP contribution in [0.1, 0.15) is 21.5 Å². The number of hydrogen-bond acceptors (Lipinski definition) is 7. The van der Waals surface area contributed by atoms with Crippen LogP contribution in [0.4, 0.5) is 5.69 Å². The maximum absolute atomic E-state index is 12.7. The van der Waals surface area contributed by atoms with Gasteiger partial charge in [-0.2, -0.15) is 13.7 Å². The first kappa shape index (κ1) is 25.0. The maximum Gasteiger partial charge on any atom is 0.339 e. The van der Waals surface area contributed by atoms with E-state index in [0.29, 0.717) is 0 Å². The molecule has 3 aromatic carbocycles. The second kappa shape index (κ2) is 10.5. The summed E-state index contributed by atoms with van der Waals surface area (Å²) in [5.41, 5.74) is 0.691. The van der Waals surface area contributed by atoms with Gasteiger partial charge in [-0.1, -0.05) is 35.9 Å². The topological polar surface area (TPSA) is 143 Å². The number of carboxylic acid groups (broad SMARTS) is 1. The number of rotatable bonds is 8. The highest BCUT2D eigenvalue weighted by molar-refractivity contribution is 7.87. The van der Waals surface area contributed by atoms with Gasteiger partial charge in [-0.25, -0.2) is 4.79 Å². The molecule has 0 fully saturated rings. The molecule has 0 unspecified atom stereocenters. The van der Waals surface area contributed by atoms with E-state index < -0.39 is 22.0 Å². The highest BCUT2D eigenvalue weighted by Gasteiger charge is 2.20. The number of hydrogen-bond donors (Lipinski definition) is 2. The van der Waals surface area contributed by atoms with Gasteiger partial charge in [0.25, 0.3) is 5.91 Å². The van der Waals surface area contributed by atoms with Gasteiger partial charge in [-0.05, 0) is 55.0 Å². The van der Waals surface area contributed by atoms with Gasteiger partial charge in [-0.3, -0.25) is 4.79 Å². The molecule has 2 N–H and O–H groups in total. The van der Waals surface area contributed by atoms with E-state index in [0.717, 1.165) is 5.56 Å². The lowest BCUT2D eigenvalue weighted by Crippen LogP contribution is -2.16. The number of nitrogens with zero attached hydrogens (tertiary/aromatic N) is 1. The molecule has 0 aliphatic carbocycles. The van der Waals surface area contributed by atoms with Crippen molar-refractivity contribution < 1.29 is 32.0 Å². The van der Waals surface area contributed by atoms with Crippen LogP contribution in [0.5, 0.6) is 11.5 Å². The van der Waals surface area contributed by atoms with Crippen molar-refractivity contribution in [3.05, 3.63) is 89.0 Å². The predicted octanol–water partition coefficient (Wildman–Crippen LogP) is 4.02. The van der Waals surface area contributed by atoms with Gasteiger partial charge < -0.3 is 19.3 Å². The number of amides is 1.